The Bertz CT molecular complexity index is 1240. The highest BCUT2D eigenvalue weighted by atomic mass is 16.5. The number of benzene rings is 2. The number of aliphatic hydroxyl groups is 2. The van der Waals surface area contributed by atoms with Crippen LogP contribution in [0.15, 0.2) is 48.9 Å². The standard InChI is InChI=1S/C21H18N4O3/c26-9-17-16(27)7-18(28-17)25-8-14-13-5-11-3-1-2-4-12(11)6-15(13)24-20-19(14)21(25)23-10-22-20/h1-6,8,10,16-18,26-27H,7,9H2,(H,22,23,24)/t16-,17+,18+/m0/s1. The number of aromatic nitrogens is 3. The van der Waals surface area contributed by atoms with Crippen LogP contribution in [0.25, 0.3) is 32.9 Å². The largest absolute Gasteiger partial charge is 0.394 e. The first-order valence-electron chi connectivity index (χ1n) is 9.33. The first-order valence-corrected chi connectivity index (χ1v) is 9.33. The molecule has 0 spiro atoms. The monoisotopic (exact) mass is 374 g/mol. The number of fused-ring (bicyclic) bond motifs is 3. The average Bonchev–Trinajstić information content (AvgIpc) is 3.28. The molecule has 0 aliphatic carbocycles. The Balaban J connectivity index is 1.57. The summed E-state index contributed by atoms with van der Waals surface area (Å²) in [6.45, 7) is -0.208. The zero-order valence-electron chi connectivity index (χ0n) is 14.9. The van der Waals surface area contributed by atoms with Crippen LogP contribution in [0, 0.1) is 0 Å². The molecule has 2 aliphatic rings. The van der Waals surface area contributed by atoms with Crippen LogP contribution in [-0.4, -0.2) is 43.6 Å². The highest BCUT2D eigenvalue weighted by molar-refractivity contribution is 6.11. The van der Waals surface area contributed by atoms with Gasteiger partial charge in [-0.25, -0.2) is 9.97 Å². The van der Waals surface area contributed by atoms with Crippen molar-refractivity contribution in [1.82, 2.24) is 14.5 Å². The van der Waals surface area contributed by atoms with E-state index in [-0.39, 0.29) is 12.8 Å². The molecule has 0 radical (unpaired) electrons. The molecule has 1 saturated heterocycles. The van der Waals surface area contributed by atoms with E-state index in [0.29, 0.717) is 6.42 Å². The molecule has 0 saturated carbocycles. The molecule has 2 aromatic heterocycles. The van der Waals surface area contributed by atoms with E-state index in [0.717, 1.165) is 44.4 Å². The summed E-state index contributed by atoms with van der Waals surface area (Å²) in [5.74, 6) is 0.763. The summed E-state index contributed by atoms with van der Waals surface area (Å²) < 4.78 is 7.82. The van der Waals surface area contributed by atoms with Crippen molar-refractivity contribution < 1.29 is 14.9 Å². The van der Waals surface area contributed by atoms with Gasteiger partial charge in [0.05, 0.1) is 18.1 Å². The molecule has 3 N–H and O–H groups in total. The fraction of sp³-hybridized carbons (Fsp3) is 0.238. The maximum Gasteiger partial charge on any atom is 0.148 e. The molecule has 28 heavy (non-hydrogen) atoms. The second kappa shape index (κ2) is 5.75. The number of rotatable bonds is 2. The Morgan fingerprint density at radius 3 is 2.75 bits per heavy atom. The van der Waals surface area contributed by atoms with Gasteiger partial charge >= 0.3 is 0 Å². The number of hydrogen-bond acceptors (Lipinski definition) is 6. The third-order valence-electron chi connectivity index (χ3n) is 5.73. The number of aliphatic hydroxyl groups excluding tert-OH is 2. The molecule has 1 fully saturated rings. The van der Waals surface area contributed by atoms with E-state index in [4.69, 9.17) is 4.74 Å². The predicted octanol–water partition coefficient (Wildman–Crippen LogP) is 2.95. The van der Waals surface area contributed by atoms with Crippen LogP contribution in [0.1, 0.15) is 12.6 Å². The van der Waals surface area contributed by atoms with Gasteiger partial charge in [-0.3, -0.25) is 0 Å². The second-order valence-electron chi connectivity index (χ2n) is 7.36. The van der Waals surface area contributed by atoms with Crippen LogP contribution in [-0.2, 0) is 4.74 Å². The fourth-order valence-electron chi connectivity index (χ4n) is 4.35. The molecule has 7 heteroatoms. The van der Waals surface area contributed by atoms with Crippen molar-refractivity contribution in [3.05, 3.63) is 48.9 Å². The minimum Gasteiger partial charge on any atom is -0.394 e. The summed E-state index contributed by atoms with van der Waals surface area (Å²) in [5.41, 5.74) is 3.88. The van der Waals surface area contributed by atoms with E-state index in [1.54, 1.807) is 0 Å². The van der Waals surface area contributed by atoms with Gasteiger partial charge in [-0.1, -0.05) is 24.3 Å². The van der Waals surface area contributed by atoms with Gasteiger partial charge in [-0.05, 0) is 22.9 Å². The SMILES string of the molecule is OC[C@H]1O[C@@H](n2cc3c4c(ncnc42)Nc2cc4ccccc4cc2-3)C[C@@H]1O. The van der Waals surface area contributed by atoms with E-state index < -0.39 is 12.2 Å². The third-order valence-corrected chi connectivity index (χ3v) is 5.73. The molecule has 3 atom stereocenters. The lowest BCUT2D eigenvalue weighted by atomic mass is 9.97. The van der Waals surface area contributed by atoms with E-state index >= 15 is 0 Å². The molecule has 2 aromatic carbocycles. The Morgan fingerprint density at radius 2 is 1.96 bits per heavy atom. The summed E-state index contributed by atoms with van der Waals surface area (Å²) in [5, 5.41) is 26.3. The van der Waals surface area contributed by atoms with Crippen LogP contribution in [0.3, 0.4) is 0 Å². The molecule has 0 bridgehead atoms. The second-order valence-corrected chi connectivity index (χ2v) is 7.36. The molecule has 140 valence electrons. The van der Waals surface area contributed by atoms with Crippen molar-refractivity contribution >= 4 is 33.3 Å². The lowest BCUT2D eigenvalue weighted by Crippen LogP contribution is -2.24. The van der Waals surface area contributed by atoms with E-state index in [1.807, 2.05) is 22.9 Å². The molecule has 7 nitrogen and oxygen atoms in total. The maximum absolute atomic E-state index is 10.2. The van der Waals surface area contributed by atoms with Crippen molar-refractivity contribution in [3.8, 4) is 11.1 Å². The minimum absolute atomic E-state index is 0.208. The van der Waals surface area contributed by atoms with Gasteiger partial charge in [0.2, 0.25) is 0 Å². The average molecular weight is 374 g/mol. The smallest absolute Gasteiger partial charge is 0.148 e. The van der Waals surface area contributed by atoms with Gasteiger partial charge in [0.25, 0.3) is 0 Å². The summed E-state index contributed by atoms with van der Waals surface area (Å²) in [7, 11) is 0. The van der Waals surface area contributed by atoms with Gasteiger partial charge in [-0.15, -0.1) is 0 Å². The Hall–Kier alpha value is -3.00. The molecule has 0 unspecified atom stereocenters. The third kappa shape index (κ3) is 2.15. The molecule has 4 heterocycles. The quantitative estimate of drug-likeness (QED) is 0.440. The predicted molar refractivity (Wildman–Crippen MR) is 105 cm³/mol. The Morgan fingerprint density at radius 1 is 1.14 bits per heavy atom. The van der Waals surface area contributed by atoms with E-state index in [9.17, 15) is 10.2 Å². The summed E-state index contributed by atoms with van der Waals surface area (Å²) in [4.78, 5) is 8.92. The molecular formula is C21H18N4O3. The lowest BCUT2D eigenvalue weighted by molar-refractivity contribution is -0.0430. The number of nitrogens with zero attached hydrogens (tertiary/aromatic N) is 3. The van der Waals surface area contributed by atoms with Gasteiger partial charge in [-0.2, -0.15) is 0 Å². The van der Waals surface area contributed by atoms with Gasteiger partial charge < -0.3 is 24.8 Å². The fourth-order valence-corrected chi connectivity index (χ4v) is 4.35. The van der Waals surface area contributed by atoms with E-state index in [1.165, 1.54) is 6.33 Å². The van der Waals surface area contributed by atoms with Crippen molar-refractivity contribution in [2.75, 3.05) is 11.9 Å². The summed E-state index contributed by atoms with van der Waals surface area (Å²) in [6.07, 6.45) is 2.31. The van der Waals surface area contributed by atoms with Crippen molar-refractivity contribution in [2.45, 2.75) is 24.9 Å². The molecule has 4 aromatic rings. The van der Waals surface area contributed by atoms with Crippen molar-refractivity contribution in [3.63, 3.8) is 0 Å². The molecular weight excluding hydrogens is 356 g/mol. The zero-order chi connectivity index (χ0) is 18.8. The maximum atomic E-state index is 10.2. The number of nitrogens with one attached hydrogen (secondary N) is 1. The van der Waals surface area contributed by atoms with Crippen LogP contribution < -0.4 is 5.32 Å². The summed E-state index contributed by atoms with van der Waals surface area (Å²) >= 11 is 0. The molecule has 0 amide bonds. The number of anilines is 2. The Kier molecular flexibility index (Phi) is 3.28. The normalized spacial score (nSPS) is 23.1. The molecule has 2 aliphatic heterocycles. The van der Waals surface area contributed by atoms with Crippen LogP contribution >= 0.6 is 0 Å². The first-order chi connectivity index (χ1) is 13.7. The topological polar surface area (TPSA) is 92.4 Å². The van der Waals surface area contributed by atoms with Gasteiger partial charge in [0.15, 0.2) is 0 Å². The van der Waals surface area contributed by atoms with E-state index in [2.05, 4.69) is 39.6 Å². The van der Waals surface area contributed by atoms with Crippen molar-refractivity contribution in [2.24, 2.45) is 0 Å². The Labute approximate surface area is 160 Å². The van der Waals surface area contributed by atoms with Crippen molar-refractivity contribution in [1.29, 1.82) is 0 Å². The van der Waals surface area contributed by atoms with Gasteiger partial charge in [0.1, 0.15) is 30.1 Å². The minimum atomic E-state index is -0.698. The van der Waals surface area contributed by atoms with Crippen LogP contribution in [0.4, 0.5) is 11.5 Å². The van der Waals surface area contributed by atoms with Gasteiger partial charge in [0, 0.05) is 29.4 Å². The number of hydrogen-bond donors (Lipinski definition) is 3. The lowest BCUT2D eigenvalue weighted by Gasteiger charge is -2.18. The highest BCUT2D eigenvalue weighted by Gasteiger charge is 2.36. The zero-order valence-corrected chi connectivity index (χ0v) is 14.9. The first kappa shape index (κ1) is 16.0. The number of ether oxygens (including phenoxy) is 1. The highest BCUT2D eigenvalue weighted by Crippen LogP contribution is 2.46. The van der Waals surface area contributed by atoms with Crippen LogP contribution in [0.2, 0.25) is 0 Å². The molecule has 6 rings (SSSR count). The summed E-state index contributed by atoms with van der Waals surface area (Å²) in [6, 6.07) is 12.6. The van der Waals surface area contributed by atoms with Crippen LogP contribution in [0.5, 0.6) is 0 Å².